The van der Waals surface area contributed by atoms with Gasteiger partial charge in [0.15, 0.2) is 0 Å². The van der Waals surface area contributed by atoms with Gasteiger partial charge in [-0.3, -0.25) is 14.5 Å². The average molecular weight is 436 g/mol. The summed E-state index contributed by atoms with van der Waals surface area (Å²) in [7, 11) is 0. The highest BCUT2D eigenvalue weighted by Gasteiger charge is 2.31. The van der Waals surface area contributed by atoms with Crippen LogP contribution in [0.3, 0.4) is 0 Å². The number of likely N-dealkylation sites (tertiary alicyclic amines) is 1. The van der Waals surface area contributed by atoms with Crippen LogP contribution in [0.25, 0.3) is 6.08 Å². The first-order valence-corrected chi connectivity index (χ1v) is 11.4. The maximum Gasteiger partial charge on any atom is 0.253 e. The van der Waals surface area contributed by atoms with Crippen molar-refractivity contribution < 1.29 is 14.0 Å². The first kappa shape index (κ1) is 22.2. The number of piperidine rings is 1. The van der Waals surface area contributed by atoms with Gasteiger partial charge in [0.2, 0.25) is 5.91 Å². The Morgan fingerprint density at radius 2 is 1.50 bits per heavy atom. The molecular formula is C26H30FN3O2. The monoisotopic (exact) mass is 435 g/mol. The van der Waals surface area contributed by atoms with Crippen molar-refractivity contribution in [2.24, 2.45) is 5.92 Å². The number of amides is 2. The predicted molar refractivity (Wildman–Crippen MR) is 124 cm³/mol. The second-order valence-corrected chi connectivity index (χ2v) is 8.51. The highest BCUT2D eigenvalue weighted by Crippen LogP contribution is 2.22. The molecule has 2 amide bonds. The fourth-order valence-corrected chi connectivity index (χ4v) is 4.42. The zero-order valence-corrected chi connectivity index (χ0v) is 18.3. The highest BCUT2D eigenvalue weighted by molar-refractivity contribution is 5.94. The van der Waals surface area contributed by atoms with Crippen LogP contribution >= 0.6 is 0 Å². The second-order valence-electron chi connectivity index (χ2n) is 8.51. The number of benzene rings is 2. The Kier molecular flexibility index (Phi) is 7.32. The van der Waals surface area contributed by atoms with Crippen LogP contribution in [0.2, 0.25) is 0 Å². The van der Waals surface area contributed by atoms with E-state index >= 15 is 0 Å². The fraction of sp³-hybridized carbons (Fsp3) is 0.385. The zero-order valence-electron chi connectivity index (χ0n) is 18.3. The molecule has 0 unspecified atom stereocenters. The molecule has 2 aromatic rings. The van der Waals surface area contributed by atoms with Gasteiger partial charge in [-0.2, -0.15) is 0 Å². The van der Waals surface area contributed by atoms with Crippen molar-refractivity contribution in [3.63, 3.8) is 0 Å². The molecule has 32 heavy (non-hydrogen) atoms. The van der Waals surface area contributed by atoms with Crippen molar-refractivity contribution in [2.45, 2.75) is 12.8 Å². The lowest BCUT2D eigenvalue weighted by Gasteiger charge is -2.38. The fourth-order valence-electron chi connectivity index (χ4n) is 4.42. The number of nitrogens with zero attached hydrogens (tertiary/aromatic N) is 3. The third-order valence-corrected chi connectivity index (χ3v) is 6.38. The number of carbonyl (C=O) groups excluding carboxylic acids is 2. The Morgan fingerprint density at radius 1 is 0.844 bits per heavy atom. The summed E-state index contributed by atoms with van der Waals surface area (Å²) in [5, 5.41) is 0. The summed E-state index contributed by atoms with van der Waals surface area (Å²) in [6.45, 7) is 5.30. The zero-order chi connectivity index (χ0) is 22.3. The summed E-state index contributed by atoms with van der Waals surface area (Å²) in [6, 6.07) is 15.9. The quantitative estimate of drug-likeness (QED) is 0.722. The van der Waals surface area contributed by atoms with Gasteiger partial charge >= 0.3 is 0 Å². The summed E-state index contributed by atoms with van der Waals surface area (Å²) in [5.74, 6) is -0.235. The third kappa shape index (κ3) is 5.62. The Hall–Kier alpha value is -2.99. The van der Waals surface area contributed by atoms with Crippen molar-refractivity contribution in [2.75, 3.05) is 45.8 Å². The Bertz CT molecular complexity index is 929. The van der Waals surface area contributed by atoms with Crippen molar-refractivity contribution in [1.29, 1.82) is 0 Å². The Morgan fingerprint density at radius 3 is 2.16 bits per heavy atom. The van der Waals surface area contributed by atoms with E-state index in [4.69, 9.17) is 0 Å². The number of rotatable bonds is 5. The molecule has 0 atom stereocenters. The maximum absolute atomic E-state index is 13.1. The Balaban J connectivity index is 1.20. The molecule has 2 heterocycles. The minimum absolute atomic E-state index is 0.0169. The van der Waals surface area contributed by atoms with Crippen molar-refractivity contribution >= 4 is 17.9 Å². The van der Waals surface area contributed by atoms with E-state index in [1.54, 1.807) is 4.90 Å². The second kappa shape index (κ2) is 10.6. The van der Waals surface area contributed by atoms with Crippen molar-refractivity contribution in [1.82, 2.24) is 14.7 Å². The standard InChI is InChI=1S/C26H30FN3O2/c27-24-10-8-22(9-11-24)25(31)29-15-12-23(13-16-29)26(32)30-19-17-28(18-20-30)14-4-7-21-5-2-1-3-6-21/h1-11,23H,12-20H2. The molecule has 0 bridgehead atoms. The lowest BCUT2D eigenvalue weighted by atomic mass is 9.94. The maximum atomic E-state index is 13.1. The van der Waals surface area contributed by atoms with Gasteiger partial charge in [0.25, 0.3) is 5.91 Å². The first-order chi connectivity index (χ1) is 15.6. The van der Waals surface area contributed by atoms with Crippen LogP contribution in [-0.2, 0) is 4.79 Å². The predicted octanol–water partition coefficient (Wildman–Crippen LogP) is 3.54. The van der Waals surface area contributed by atoms with Crippen LogP contribution in [0, 0.1) is 11.7 Å². The largest absolute Gasteiger partial charge is 0.340 e. The first-order valence-electron chi connectivity index (χ1n) is 11.4. The molecule has 2 aliphatic heterocycles. The van der Waals surface area contributed by atoms with E-state index in [0.717, 1.165) is 32.7 Å². The lowest BCUT2D eigenvalue weighted by molar-refractivity contribution is -0.138. The smallest absolute Gasteiger partial charge is 0.253 e. The normalized spacial score (nSPS) is 18.3. The summed E-state index contributed by atoms with van der Waals surface area (Å²) in [5.41, 5.74) is 1.69. The van der Waals surface area contributed by atoms with Gasteiger partial charge in [-0.05, 0) is 42.7 Å². The molecule has 168 valence electrons. The molecule has 2 fully saturated rings. The van der Waals surface area contributed by atoms with Gasteiger partial charge in [-0.25, -0.2) is 4.39 Å². The molecule has 0 aliphatic carbocycles. The van der Waals surface area contributed by atoms with Crippen LogP contribution in [0.4, 0.5) is 4.39 Å². The van der Waals surface area contributed by atoms with Crippen molar-refractivity contribution in [3.05, 3.63) is 77.6 Å². The molecule has 0 saturated carbocycles. The van der Waals surface area contributed by atoms with E-state index in [2.05, 4.69) is 29.2 Å². The lowest BCUT2D eigenvalue weighted by Crippen LogP contribution is -2.51. The van der Waals surface area contributed by atoms with Gasteiger partial charge in [-0.1, -0.05) is 42.5 Å². The van der Waals surface area contributed by atoms with Crippen LogP contribution in [0.5, 0.6) is 0 Å². The van der Waals surface area contributed by atoms with E-state index < -0.39 is 0 Å². The molecule has 2 aromatic carbocycles. The third-order valence-electron chi connectivity index (χ3n) is 6.38. The molecule has 2 aliphatic rings. The summed E-state index contributed by atoms with van der Waals surface area (Å²) < 4.78 is 13.1. The Labute approximate surface area is 189 Å². The average Bonchev–Trinajstić information content (AvgIpc) is 2.85. The minimum Gasteiger partial charge on any atom is -0.340 e. The number of carbonyl (C=O) groups is 2. The number of halogens is 1. The topological polar surface area (TPSA) is 43.9 Å². The summed E-state index contributed by atoms with van der Waals surface area (Å²) >= 11 is 0. The van der Waals surface area contributed by atoms with E-state index in [9.17, 15) is 14.0 Å². The molecule has 0 N–H and O–H groups in total. The molecule has 4 rings (SSSR count). The molecular weight excluding hydrogens is 405 g/mol. The van der Waals surface area contributed by atoms with Gasteiger partial charge in [0.1, 0.15) is 5.82 Å². The SMILES string of the molecule is O=C(c1ccc(F)cc1)N1CCC(C(=O)N2CCN(CC=Cc3ccccc3)CC2)CC1. The van der Waals surface area contributed by atoms with Gasteiger partial charge < -0.3 is 9.80 Å². The number of piperazine rings is 1. The van der Waals surface area contributed by atoms with Crippen LogP contribution < -0.4 is 0 Å². The number of hydrogen-bond acceptors (Lipinski definition) is 3. The van der Waals surface area contributed by atoms with Gasteiger partial charge in [0.05, 0.1) is 0 Å². The molecule has 0 radical (unpaired) electrons. The molecule has 0 aromatic heterocycles. The van der Waals surface area contributed by atoms with E-state index in [1.807, 2.05) is 23.1 Å². The van der Waals surface area contributed by atoms with E-state index in [1.165, 1.54) is 29.8 Å². The number of hydrogen-bond donors (Lipinski definition) is 0. The molecule has 6 heteroatoms. The molecule has 5 nitrogen and oxygen atoms in total. The van der Waals surface area contributed by atoms with Crippen LogP contribution in [0.15, 0.2) is 60.7 Å². The van der Waals surface area contributed by atoms with E-state index in [-0.39, 0.29) is 23.5 Å². The highest BCUT2D eigenvalue weighted by atomic mass is 19.1. The van der Waals surface area contributed by atoms with Crippen molar-refractivity contribution in [3.8, 4) is 0 Å². The summed E-state index contributed by atoms with van der Waals surface area (Å²) in [4.78, 5) is 31.7. The van der Waals surface area contributed by atoms with Gasteiger partial charge in [0, 0.05) is 57.3 Å². The van der Waals surface area contributed by atoms with Gasteiger partial charge in [-0.15, -0.1) is 0 Å². The molecule has 0 spiro atoms. The van der Waals surface area contributed by atoms with Crippen LogP contribution in [0.1, 0.15) is 28.8 Å². The molecule has 2 saturated heterocycles. The van der Waals surface area contributed by atoms with E-state index in [0.29, 0.717) is 31.5 Å². The summed E-state index contributed by atoms with van der Waals surface area (Å²) in [6.07, 6.45) is 5.69. The van der Waals surface area contributed by atoms with Crippen LogP contribution in [-0.4, -0.2) is 72.3 Å². The minimum atomic E-state index is -0.349.